The number of halogens is 12. The zero-order chi connectivity index (χ0) is 26.0. The van der Waals surface area contributed by atoms with Crippen molar-refractivity contribution in [2.75, 3.05) is 13.2 Å². The van der Waals surface area contributed by atoms with Gasteiger partial charge in [0.05, 0.1) is 13.0 Å². The normalized spacial score (nSPS) is 15.0. The average Bonchev–Trinajstić information content (AvgIpc) is 2.60. The molecule has 0 aliphatic heterocycles. The molecule has 0 fully saturated rings. The highest BCUT2D eigenvalue weighted by Crippen LogP contribution is 2.44. The van der Waals surface area contributed by atoms with E-state index in [4.69, 9.17) is 0 Å². The molecule has 0 rings (SSSR count). The van der Waals surface area contributed by atoms with Crippen LogP contribution < -0.4 is 0 Å². The summed E-state index contributed by atoms with van der Waals surface area (Å²) in [4.78, 5) is 0. The van der Waals surface area contributed by atoms with E-state index >= 15 is 0 Å². The van der Waals surface area contributed by atoms with Gasteiger partial charge in [0.15, 0.2) is 0 Å². The molecule has 0 aliphatic rings. The van der Waals surface area contributed by atoms with Gasteiger partial charge in [-0.05, 0) is 19.3 Å². The minimum absolute atomic E-state index is 0.115. The lowest BCUT2D eigenvalue weighted by Crippen LogP contribution is -2.52. The van der Waals surface area contributed by atoms with Gasteiger partial charge in [0.25, 0.3) is 0 Å². The fraction of sp³-hybridized carbons (Fsp3) is 0.889. The van der Waals surface area contributed by atoms with Crippen molar-refractivity contribution >= 4 is 0 Å². The van der Waals surface area contributed by atoms with Gasteiger partial charge in [-0.15, -0.1) is 6.58 Å². The molecule has 0 unspecified atom stereocenters. The van der Waals surface area contributed by atoms with Crippen LogP contribution in [0.2, 0.25) is 0 Å². The van der Waals surface area contributed by atoms with Crippen LogP contribution in [0.4, 0.5) is 52.7 Å². The van der Waals surface area contributed by atoms with E-state index < -0.39 is 62.8 Å². The highest BCUT2D eigenvalue weighted by atomic mass is 19.4. The standard InChI is InChI=1S/C18H24F12O3/c1-2-3-4-5-6-7-8-13(19)11-31-12-16(25,26)33-18(29,30)17(27,28)32-15(23,24)10-9-14(20,21)22/h2,13H,1,3-12H2/t13-/m0/s1. The Hall–Kier alpha value is -1.22. The third-order valence-electron chi connectivity index (χ3n) is 3.84. The van der Waals surface area contributed by atoms with Gasteiger partial charge in [0.1, 0.15) is 12.8 Å². The molecule has 0 aromatic rings. The summed E-state index contributed by atoms with van der Waals surface area (Å²) in [5.41, 5.74) is 0. The number of hydrogen-bond donors (Lipinski definition) is 0. The summed E-state index contributed by atoms with van der Waals surface area (Å²) in [7, 11) is 0. The fourth-order valence-electron chi connectivity index (χ4n) is 2.26. The Morgan fingerprint density at radius 2 is 1.21 bits per heavy atom. The van der Waals surface area contributed by atoms with Crippen LogP contribution in [0.15, 0.2) is 12.7 Å². The van der Waals surface area contributed by atoms with Crippen LogP contribution in [0.3, 0.4) is 0 Å². The van der Waals surface area contributed by atoms with Crippen LogP contribution >= 0.6 is 0 Å². The molecule has 0 saturated carbocycles. The smallest absolute Gasteiger partial charge is 0.369 e. The van der Waals surface area contributed by atoms with Gasteiger partial charge in [-0.1, -0.05) is 25.3 Å². The number of hydrogen-bond acceptors (Lipinski definition) is 3. The van der Waals surface area contributed by atoms with Crippen molar-refractivity contribution in [3.8, 4) is 0 Å². The predicted molar refractivity (Wildman–Crippen MR) is 90.9 cm³/mol. The minimum atomic E-state index is -6.44. The molecule has 15 heteroatoms. The van der Waals surface area contributed by atoms with Crippen LogP contribution in [0.1, 0.15) is 51.4 Å². The summed E-state index contributed by atoms with van der Waals surface area (Å²) in [6.45, 7) is 0.362. The van der Waals surface area contributed by atoms with Gasteiger partial charge >= 0.3 is 30.6 Å². The van der Waals surface area contributed by atoms with E-state index in [2.05, 4.69) is 20.8 Å². The Kier molecular flexibility index (Phi) is 12.5. The van der Waals surface area contributed by atoms with E-state index in [1.807, 2.05) is 0 Å². The van der Waals surface area contributed by atoms with Gasteiger partial charge in [-0.3, -0.25) is 0 Å². The maximum Gasteiger partial charge on any atom is 0.453 e. The largest absolute Gasteiger partial charge is 0.453 e. The first kappa shape index (κ1) is 31.8. The second-order valence-electron chi connectivity index (χ2n) is 7.02. The minimum Gasteiger partial charge on any atom is -0.369 e. The molecule has 33 heavy (non-hydrogen) atoms. The monoisotopic (exact) mass is 516 g/mol. The average molecular weight is 516 g/mol. The molecule has 198 valence electrons. The van der Waals surface area contributed by atoms with Crippen LogP contribution in [0, 0.1) is 0 Å². The summed E-state index contributed by atoms with van der Waals surface area (Å²) in [5.74, 6) is 0. The Bertz CT molecular complexity index is 566. The first-order valence-corrected chi connectivity index (χ1v) is 9.63. The fourth-order valence-corrected chi connectivity index (χ4v) is 2.26. The Balaban J connectivity index is 4.60. The van der Waals surface area contributed by atoms with Gasteiger partial charge < -0.3 is 4.74 Å². The molecule has 0 heterocycles. The second-order valence-corrected chi connectivity index (χ2v) is 7.02. The summed E-state index contributed by atoms with van der Waals surface area (Å²) in [6.07, 6.45) is -30.5. The summed E-state index contributed by atoms with van der Waals surface area (Å²) in [5, 5.41) is 0. The summed E-state index contributed by atoms with van der Waals surface area (Å²) >= 11 is 0. The molecular formula is C18H24F12O3. The molecule has 0 aliphatic carbocycles. The Morgan fingerprint density at radius 1 is 0.697 bits per heavy atom. The highest BCUT2D eigenvalue weighted by Gasteiger charge is 2.67. The maximum atomic E-state index is 13.5. The maximum absolute atomic E-state index is 13.5. The molecule has 3 nitrogen and oxygen atoms in total. The van der Waals surface area contributed by atoms with Crippen molar-refractivity contribution in [2.24, 2.45) is 0 Å². The van der Waals surface area contributed by atoms with Gasteiger partial charge in [0, 0.05) is 6.42 Å². The molecule has 0 spiro atoms. The number of unbranched alkanes of at least 4 members (excludes halogenated alkanes) is 4. The molecule has 0 aromatic carbocycles. The van der Waals surface area contributed by atoms with Crippen molar-refractivity contribution in [2.45, 2.75) is 88.1 Å². The highest BCUT2D eigenvalue weighted by molar-refractivity contribution is 4.73. The van der Waals surface area contributed by atoms with E-state index in [-0.39, 0.29) is 6.42 Å². The number of alkyl halides is 12. The first-order chi connectivity index (χ1) is 14.8. The number of rotatable bonds is 18. The summed E-state index contributed by atoms with van der Waals surface area (Å²) in [6, 6.07) is 0. The lowest BCUT2D eigenvalue weighted by molar-refractivity contribution is -0.515. The van der Waals surface area contributed by atoms with Crippen molar-refractivity contribution in [1.29, 1.82) is 0 Å². The first-order valence-electron chi connectivity index (χ1n) is 9.63. The third-order valence-corrected chi connectivity index (χ3v) is 3.84. The Morgan fingerprint density at radius 3 is 1.73 bits per heavy atom. The van der Waals surface area contributed by atoms with Crippen LogP contribution in [0.5, 0.6) is 0 Å². The van der Waals surface area contributed by atoms with Gasteiger partial charge in [-0.25, -0.2) is 13.9 Å². The van der Waals surface area contributed by atoms with Gasteiger partial charge in [-0.2, -0.15) is 48.3 Å². The van der Waals surface area contributed by atoms with E-state index in [9.17, 15) is 52.7 Å². The molecule has 0 radical (unpaired) electrons. The van der Waals surface area contributed by atoms with Crippen molar-refractivity contribution in [3.05, 3.63) is 12.7 Å². The summed E-state index contributed by atoms with van der Waals surface area (Å²) < 4.78 is 164. The zero-order valence-electron chi connectivity index (χ0n) is 17.2. The lowest BCUT2D eigenvalue weighted by atomic mass is 10.1. The second kappa shape index (κ2) is 13.0. The third kappa shape index (κ3) is 14.6. The molecule has 1 atom stereocenters. The lowest BCUT2D eigenvalue weighted by Gasteiger charge is -2.31. The Labute approximate surface area is 182 Å². The van der Waals surface area contributed by atoms with Crippen LogP contribution in [-0.2, 0) is 14.2 Å². The molecule has 0 aromatic heterocycles. The number of allylic oxidation sites excluding steroid dienone is 1. The molecule has 0 amide bonds. The van der Waals surface area contributed by atoms with Crippen molar-refractivity contribution < 1.29 is 66.9 Å². The van der Waals surface area contributed by atoms with Crippen LogP contribution in [0.25, 0.3) is 0 Å². The van der Waals surface area contributed by atoms with Crippen LogP contribution in [-0.4, -0.2) is 50.0 Å². The van der Waals surface area contributed by atoms with Crippen molar-refractivity contribution in [1.82, 2.24) is 0 Å². The molecular weight excluding hydrogens is 492 g/mol. The van der Waals surface area contributed by atoms with E-state index in [1.165, 1.54) is 0 Å². The molecule has 0 bridgehead atoms. The SMILES string of the molecule is C=CCCCCCC[C@H](F)COCC(F)(F)OC(F)(F)C(F)(F)OC(F)(F)CCC(F)(F)F. The van der Waals surface area contributed by atoms with Gasteiger partial charge in [0.2, 0.25) is 0 Å². The van der Waals surface area contributed by atoms with Crippen molar-refractivity contribution in [3.63, 3.8) is 0 Å². The zero-order valence-corrected chi connectivity index (χ0v) is 17.2. The van der Waals surface area contributed by atoms with E-state index in [0.717, 1.165) is 19.3 Å². The number of ether oxygens (including phenoxy) is 3. The topological polar surface area (TPSA) is 27.7 Å². The predicted octanol–water partition coefficient (Wildman–Crippen LogP) is 7.61. The quantitative estimate of drug-likeness (QED) is 0.107. The van der Waals surface area contributed by atoms with E-state index in [1.54, 1.807) is 6.08 Å². The van der Waals surface area contributed by atoms with E-state index in [0.29, 0.717) is 12.8 Å². The molecule has 0 N–H and O–H groups in total. The molecule has 0 saturated heterocycles.